The molecule has 0 aliphatic rings. The summed E-state index contributed by atoms with van der Waals surface area (Å²) in [5.41, 5.74) is 1.99. The molecule has 2 aromatic carbocycles. The maximum absolute atomic E-state index is 13.0. The molecule has 0 aliphatic carbocycles. The summed E-state index contributed by atoms with van der Waals surface area (Å²) in [5, 5.41) is 6.02. The lowest BCUT2D eigenvalue weighted by Crippen LogP contribution is -2.56. The van der Waals surface area contributed by atoms with E-state index in [1.165, 1.54) is 0 Å². The molecular weight excluding hydrogens is 558 g/mol. The summed E-state index contributed by atoms with van der Waals surface area (Å²) in [6.07, 6.45) is -2.22. The van der Waals surface area contributed by atoms with Gasteiger partial charge in [0.25, 0.3) is 0 Å². The average Bonchev–Trinajstić information content (AvgIpc) is 2.95. The molecule has 0 fully saturated rings. The highest BCUT2D eigenvalue weighted by Gasteiger charge is 2.28. The van der Waals surface area contributed by atoms with E-state index < -0.39 is 36.8 Å². The summed E-state index contributed by atoms with van der Waals surface area (Å²) in [7, 11) is 0. The van der Waals surface area contributed by atoms with Crippen LogP contribution in [0.1, 0.15) is 38.8 Å². The minimum Gasteiger partial charge on any atom is -0.332 e. The fourth-order valence-corrected chi connectivity index (χ4v) is 8.75. The fraction of sp³-hybridized carbons (Fsp3) is 0.462. The minimum absolute atomic E-state index is 0.464. The zero-order chi connectivity index (χ0) is 28.0. The van der Waals surface area contributed by atoms with Gasteiger partial charge in [0.1, 0.15) is 0 Å². The first-order valence-corrected chi connectivity index (χ1v) is 19.9. The van der Waals surface area contributed by atoms with Gasteiger partial charge in [-0.05, 0) is 24.0 Å². The van der Waals surface area contributed by atoms with E-state index in [0.29, 0.717) is 37.5 Å². The van der Waals surface area contributed by atoms with Crippen LogP contribution in [-0.4, -0.2) is 48.8 Å². The Hall–Kier alpha value is -1.86. The molecule has 0 saturated carbocycles. The molecule has 4 N–H and O–H groups in total. The van der Waals surface area contributed by atoms with E-state index in [-0.39, 0.29) is 0 Å². The average molecular weight is 599 g/mol. The Morgan fingerprint density at radius 2 is 0.947 bits per heavy atom. The Kier molecular flexibility index (Phi) is 13.9. The highest BCUT2D eigenvalue weighted by molar-refractivity contribution is 8.57. The molecule has 2 rings (SSSR count). The maximum Gasteiger partial charge on any atom is 0.325 e. The molecule has 210 valence electrons. The van der Waals surface area contributed by atoms with Gasteiger partial charge < -0.3 is 19.8 Å². The topological polar surface area (TPSA) is 116 Å². The van der Waals surface area contributed by atoms with E-state index in [0.717, 1.165) is 34.3 Å². The molecule has 2 unspecified atom stereocenters. The zero-order valence-corrected chi connectivity index (χ0v) is 25.9. The van der Waals surface area contributed by atoms with Gasteiger partial charge in [-0.15, -0.1) is 0 Å². The number of nitrogens with one attached hydrogen (secondary N) is 4. The van der Waals surface area contributed by atoms with Gasteiger partial charge in [0.2, 0.25) is 0 Å². The molecule has 4 amide bonds. The minimum atomic E-state index is -2.54. The molecule has 0 bridgehead atoms. The van der Waals surface area contributed by atoms with Gasteiger partial charge in [0, 0.05) is 47.8 Å². The molecule has 0 aromatic heterocycles. The fourth-order valence-electron chi connectivity index (χ4n) is 3.67. The number of urea groups is 2. The van der Waals surface area contributed by atoms with Gasteiger partial charge in [-0.1, -0.05) is 88.4 Å². The second-order valence-electron chi connectivity index (χ2n) is 8.82. The molecule has 0 aliphatic heterocycles. The Bertz CT molecular complexity index is 1010. The first kappa shape index (κ1) is 32.4. The number of amides is 4. The summed E-state index contributed by atoms with van der Waals surface area (Å²) in [6.45, 7) is 7.39. The van der Waals surface area contributed by atoms with Gasteiger partial charge in [-0.3, -0.25) is 9.44 Å². The number of hydrogen-bond acceptors (Lipinski definition) is 6. The van der Waals surface area contributed by atoms with Gasteiger partial charge in [-0.25, -0.2) is 9.59 Å². The van der Waals surface area contributed by atoms with E-state index in [1.807, 2.05) is 88.4 Å². The number of benzene rings is 2. The van der Waals surface area contributed by atoms with Crippen LogP contribution < -0.4 is 20.1 Å². The second-order valence-corrected chi connectivity index (χ2v) is 20.5. The van der Waals surface area contributed by atoms with Gasteiger partial charge in [0.05, 0.1) is 12.1 Å². The molecule has 2 atom stereocenters. The van der Waals surface area contributed by atoms with Crippen molar-refractivity contribution in [2.24, 2.45) is 0 Å². The van der Waals surface area contributed by atoms with Crippen molar-refractivity contribution in [3.8, 4) is 0 Å². The highest BCUT2D eigenvalue weighted by atomic mass is 32.7. The summed E-state index contributed by atoms with van der Waals surface area (Å²) in [6, 6.07) is 17.5. The van der Waals surface area contributed by atoms with Crippen LogP contribution in [0, 0.1) is 0 Å². The molecular formula is C26H40N4O4P2S2. The summed E-state index contributed by atoms with van der Waals surface area (Å²) in [4.78, 5) is 25.9. The van der Waals surface area contributed by atoms with Crippen LogP contribution in [-0.2, 0) is 22.0 Å². The van der Waals surface area contributed by atoms with Gasteiger partial charge in [-0.2, -0.15) is 0 Å². The third kappa shape index (κ3) is 11.1. The van der Waals surface area contributed by atoms with E-state index >= 15 is 0 Å². The lowest BCUT2D eigenvalue weighted by Gasteiger charge is -2.30. The lowest BCUT2D eigenvalue weighted by atomic mass is 9.94. The summed E-state index contributed by atoms with van der Waals surface area (Å²) >= 11 is 1.97. The summed E-state index contributed by atoms with van der Waals surface area (Å²) in [5.74, 6) is 0. The van der Waals surface area contributed by atoms with Crippen LogP contribution in [0.2, 0.25) is 0 Å². The molecule has 8 nitrogen and oxygen atoms in total. The number of rotatable bonds is 15. The van der Waals surface area contributed by atoms with E-state index in [1.54, 1.807) is 0 Å². The molecule has 38 heavy (non-hydrogen) atoms. The largest absolute Gasteiger partial charge is 0.332 e. The van der Waals surface area contributed by atoms with Crippen molar-refractivity contribution in [3.63, 3.8) is 0 Å². The van der Waals surface area contributed by atoms with Crippen molar-refractivity contribution in [1.82, 2.24) is 20.1 Å². The SMILES string of the molecule is CCP(=O)(CC)SNC(=O)NC(Cc1ccccc1)C(Cc1ccccc1)NC(=O)NSP(=O)(CC)CC. The Balaban J connectivity index is 2.28. The second kappa shape index (κ2) is 16.3. The van der Waals surface area contributed by atoms with E-state index in [9.17, 15) is 18.7 Å². The third-order valence-electron chi connectivity index (χ3n) is 6.25. The Morgan fingerprint density at radius 3 is 1.24 bits per heavy atom. The third-order valence-corrected chi connectivity index (χ3v) is 17.0. The van der Waals surface area contributed by atoms with E-state index in [2.05, 4.69) is 20.1 Å². The number of carbonyl (C=O) groups excluding carboxylic acids is 2. The molecule has 0 saturated heterocycles. The quantitative estimate of drug-likeness (QED) is 0.133. The van der Waals surface area contributed by atoms with Crippen LogP contribution in [0.3, 0.4) is 0 Å². The van der Waals surface area contributed by atoms with E-state index in [4.69, 9.17) is 0 Å². The lowest BCUT2D eigenvalue weighted by molar-refractivity contribution is 0.229. The molecule has 12 heteroatoms. The monoisotopic (exact) mass is 598 g/mol. The van der Waals surface area contributed by atoms with Gasteiger partial charge in [0.15, 0.2) is 12.7 Å². The van der Waals surface area contributed by atoms with Crippen molar-refractivity contribution < 1.29 is 18.7 Å². The number of carbonyl (C=O) groups is 2. The molecule has 0 spiro atoms. The first-order valence-electron chi connectivity index (χ1n) is 12.9. The summed E-state index contributed by atoms with van der Waals surface area (Å²) < 4.78 is 31.0. The van der Waals surface area contributed by atoms with Crippen LogP contribution in [0.5, 0.6) is 0 Å². The standard InChI is InChI=1S/C26H40N4O4P2S2/c1-5-35(33,6-2)37-29-25(31)27-23(19-21-15-11-9-12-16-21)24(20-22-17-13-10-14-18-22)28-26(32)30-38-36(34,7-3)8-4/h9-18,23-24H,5-8,19-20H2,1-4H3,(H2,27,29,31)(H2,28,30,32). The van der Waals surface area contributed by atoms with Crippen LogP contribution in [0.25, 0.3) is 0 Å². The first-order chi connectivity index (χ1) is 18.2. The maximum atomic E-state index is 13.0. The zero-order valence-electron chi connectivity index (χ0n) is 22.5. The van der Waals surface area contributed by atoms with Crippen molar-refractivity contribution >= 4 is 47.9 Å². The van der Waals surface area contributed by atoms with Crippen LogP contribution in [0.15, 0.2) is 60.7 Å². The van der Waals surface area contributed by atoms with Crippen molar-refractivity contribution in [1.29, 1.82) is 0 Å². The van der Waals surface area contributed by atoms with Crippen molar-refractivity contribution in [2.45, 2.75) is 52.6 Å². The Labute approximate surface area is 235 Å². The number of hydrogen-bond donors (Lipinski definition) is 4. The van der Waals surface area contributed by atoms with Crippen molar-refractivity contribution in [2.75, 3.05) is 24.6 Å². The van der Waals surface area contributed by atoms with Crippen molar-refractivity contribution in [3.05, 3.63) is 71.8 Å². The van der Waals surface area contributed by atoms with Crippen LogP contribution >= 0.6 is 35.8 Å². The van der Waals surface area contributed by atoms with Gasteiger partial charge >= 0.3 is 12.1 Å². The Morgan fingerprint density at radius 1 is 0.632 bits per heavy atom. The smallest absolute Gasteiger partial charge is 0.325 e. The predicted octanol–water partition coefficient (Wildman–Crippen LogP) is 6.74. The predicted molar refractivity (Wildman–Crippen MR) is 164 cm³/mol. The normalized spacial score (nSPS) is 13.3. The molecule has 2 aromatic rings. The molecule has 0 radical (unpaired) electrons. The highest BCUT2D eigenvalue weighted by Crippen LogP contribution is 2.56. The van der Waals surface area contributed by atoms with Crippen LogP contribution in [0.4, 0.5) is 9.59 Å². The molecule has 0 heterocycles.